The van der Waals surface area contributed by atoms with Gasteiger partial charge in [-0.2, -0.15) is 8.78 Å². The minimum absolute atomic E-state index is 0.167. The summed E-state index contributed by atoms with van der Waals surface area (Å²) in [5.41, 5.74) is 5.26. The van der Waals surface area contributed by atoms with Crippen molar-refractivity contribution in [2.45, 2.75) is 31.2 Å². The molecule has 0 aliphatic carbocycles. The number of urea groups is 1. The van der Waals surface area contributed by atoms with E-state index in [-0.39, 0.29) is 13.0 Å². The Kier molecular flexibility index (Phi) is 4.76. The fourth-order valence-electron chi connectivity index (χ4n) is 1.51. The van der Waals surface area contributed by atoms with E-state index in [1.807, 2.05) is 0 Å². The first-order chi connectivity index (χ1) is 8.75. The molecule has 1 atom stereocenters. The molecule has 7 nitrogen and oxygen atoms in total. The molecule has 1 saturated heterocycles. The fraction of sp³-hybridized carbons (Fsp3) is 0.700. The van der Waals surface area contributed by atoms with Crippen LogP contribution in [0.2, 0.25) is 0 Å². The molecule has 1 aliphatic rings. The highest BCUT2D eigenvalue weighted by Gasteiger charge is 2.56. The number of nitrogens with two attached hydrogens (primary N) is 1. The van der Waals surface area contributed by atoms with E-state index in [1.54, 1.807) is 0 Å². The molecule has 1 heterocycles. The minimum Gasteiger partial charge on any atom is -0.480 e. The van der Waals surface area contributed by atoms with E-state index < -0.39 is 36.4 Å². The highest BCUT2D eigenvalue weighted by atomic mass is 19.3. The number of carbonyl (C=O) groups is 3. The van der Waals surface area contributed by atoms with Gasteiger partial charge in [-0.1, -0.05) is 0 Å². The molecule has 4 N–H and O–H groups in total. The summed E-state index contributed by atoms with van der Waals surface area (Å²) in [6.45, 7) is -0.734. The number of hydrogen-bond acceptors (Lipinski definition) is 4. The van der Waals surface area contributed by atoms with Crippen molar-refractivity contribution in [2.75, 3.05) is 13.1 Å². The van der Waals surface area contributed by atoms with Gasteiger partial charge >= 0.3 is 23.8 Å². The molecule has 0 spiro atoms. The lowest BCUT2D eigenvalue weighted by Gasteiger charge is -2.35. The monoisotopic (exact) mass is 279 g/mol. The van der Waals surface area contributed by atoms with Crippen LogP contribution in [0.1, 0.15) is 19.3 Å². The molecule has 0 aromatic rings. The van der Waals surface area contributed by atoms with E-state index in [9.17, 15) is 23.2 Å². The van der Waals surface area contributed by atoms with Gasteiger partial charge in [0.25, 0.3) is 0 Å². The van der Waals surface area contributed by atoms with E-state index in [1.165, 1.54) is 0 Å². The van der Waals surface area contributed by atoms with Crippen molar-refractivity contribution in [1.29, 1.82) is 0 Å². The summed E-state index contributed by atoms with van der Waals surface area (Å²) in [6.07, 6.45) is 1.18. The Morgan fingerprint density at radius 2 is 2.11 bits per heavy atom. The van der Waals surface area contributed by atoms with Crippen molar-refractivity contribution in [2.24, 2.45) is 5.73 Å². The first-order valence-electron chi connectivity index (χ1n) is 5.71. The number of halogens is 2. The van der Waals surface area contributed by atoms with Gasteiger partial charge in [0.15, 0.2) is 0 Å². The molecule has 0 aromatic carbocycles. The number of carboxylic acid groups (broad SMARTS) is 1. The van der Waals surface area contributed by atoms with Gasteiger partial charge in [-0.25, -0.2) is 4.79 Å². The van der Waals surface area contributed by atoms with E-state index >= 15 is 0 Å². The highest BCUT2D eigenvalue weighted by Crippen LogP contribution is 2.28. The molecule has 0 radical (unpaired) electrons. The number of imide groups is 1. The third-order valence-corrected chi connectivity index (χ3v) is 2.70. The van der Waals surface area contributed by atoms with Gasteiger partial charge in [0.05, 0.1) is 0 Å². The van der Waals surface area contributed by atoms with Gasteiger partial charge < -0.3 is 16.2 Å². The summed E-state index contributed by atoms with van der Waals surface area (Å²) in [5.74, 6) is -6.04. The van der Waals surface area contributed by atoms with Gasteiger partial charge in [-0.15, -0.1) is 0 Å². The predicted octanol–water partition coefficient (Wildman–Crippen LogP) is -0.244. The summed E-state index contributed by atoms with van der Waals surface area (Å²) in [5, 5.41) is 10.8. The molecule has 3 amide bonds. The maximum Gasteiger partial charge on any atom is 0.342 e. The molecule has 1 aliphatic heterocycles. The Bertz CT molecular complexity index is 389. The number of nitrogens with zero attached hydrogens (tertiary/aromatic N) is 1. The predicted molar refractivity (Wildman–Crippen MR) is 59.5 cm³/mol. The number of unbranched alkanes of at least 4 members (excludes halogenated alkanes) is 1. The Hall–Kier alpha value is -1.77. The van der Waals surface area contributed by atoms with Crippen LogP contribution in [-0.2, 0) is 9.59 Å². The zero-order chi connectivity index (χ0) is 14.6. The van der Waals surface area contributed by atoms with Crippen LogP contribution in [0, 0.1) is 0 Å². The number of β-lactam (4-membered cyclic amide) rings is 1. The van der Waals surface area contributed by atoms with E-state index in [0.717, 1.165) is 0 Å². The highest BCUT2D eigenvalue weighted by molar-refractivity contribution is 6.03. The lowest BCUT2D eigenvalue weighted by Crippen LogP contribution is -2.65. The molecule has 0 aromatic heterocycles. The van der Waals surface area contributed by atoms with Crippen LogP contribution in [0.25, 0.3) is 0 Å². The maximum absolute atomic E-state index is 12.5. The molecular weight excluding hydrogens is 264 g/mol. The third kappa shape index (κ3) is 3.85. The van der Waals surface area contributed by atoms with Crippen LogP contribution in [0.4, 0.5) is 13.6 Å². The van der Waals surface area contributed by atoms with E-state index in [0.29, 0.717) is 17.7 Å². The van der Waals surface area contributed by atoms with Crippen LogP contribution in [0.15, 0.2) is 0 Å². The van der Waals surface area contributed by atoms with Gasteiger partial charge in [0.1, 0.15) is 12.6 Å². The summed E-state index contributed by atoms with van der Waals surface area (Å²) >= 11 is 0. The molecule has 9 heteroatoms. The number of likely N-dealkylation sites (tertiary alicyclic amines) is 1. The van der Waals surface area contributed by atoms with Gasteiger partial charge in [0.2, 0.25) is 0 Å². The molecule has 1 fully saturated rings. The molecular formula is C10H15F2N3O4. The van der Waals surface area contributed by atoms with Crippen molar-refractivity contribution < 1.29 is 28.3 Å². The van der Waals surface area contributed by atoms with E-state index in [4.69, 9.17) is 10.8 Å². The van der Waals surface area contributed by atoms with Crippen molar-refractivity contribution in [1.82, 2.24) is 10.2 Å². The largest absolute Gasteiger partial charge is 0.480 e. The number of hydrogen-bond donors (Lipinski definition) is 3. The third-order valence-electron chi connectivity index (χ3n) is 2.70. The number of carbonyl (C=O) groups excluding carboxylic acids is 2. The Labute approximate surface area is 107 Å². The first kappa shape index (κ1) is 15.3. The fourth-order valence-corrected chi connectivity index (χ4v) is 1.51. The molecule has 0 bridgehead atoms. The molecule has 0 saturated carbocycles. The molecule has 108 valence electrons. The van der Waals surface area contributed by atoms with Crippen molar-refractivity contribution >= 4 is 17.9 Å². The second-order valence-corrected chi connectivity index (χ2v) is 4.27. The van der Waals surface area contributed by atoms with Crippen LogP contribution >= 0.6 is 0 Å². The number of alkyl halides is 2. The maximum atomic E-state index is 12.5. The quantitative estimate of drug-likeness (QED) is 0.458. The Morgan fingerprint density at radius 1 is 1.47 bits per heavy atom. The van der Waals surface area contributed by atoms with Crippen LogP contribution in [-0.4, -0.2) is 53.0 Å². The van der Waals surface area contributed by atoms with Crippen LogP contribution < -0.4 is 11.1 Å². The Balaban J connectivity index is 2.12. The zero-order valence-corrected chi connectivity index (χ0v) is 10.1. The molecule has 19 heavy (non-hydrogen) atoms. The SMILES string of the molecule is NC(CCCCNC(=O)N1CC(F)(F)C1=O)C(=O)O. The summed E-state index contributed by atoms with van der Waals surface area (Å²) in [7, 11) is 0. The van der Waals surface area contributed by atoms with Gasteiger partial charge in [0, 0.05) is 6.54 Å². The number of rotatable bonds is 6. The number of carboxylic acids is 1. The van der Waals surface area contributed by atoms with Crippen LogP contribution in [0.5, 0.6) is 0 Å². The number of aliphatic carboxylic acids is 1. The summed E-state index contributed by atoms with van der Waals surface area (Å²) < 4.78 is 25.0. The lowest BCUT2D eigenvalue weighted by molar-refractivity contribution is -0.177. The second kappa shape index (κ2) is 5.91. The molecule has 1 unspecified atom stereocenters. The number of nitrogens with one attached hydrogen (secondary N) is 1. The molecule has 1 rings (SSSR count). The average molecular weight is 279 g/mol. The first-order valence-corrected chi connectivity index (χ1v) is 5.71. The second-order valence-electron chi connectivity index (χ2n) is 4.27. The Morgan fingerprint density at radius 3 is 2.58 bits per heavy atom. The minimum atomic E-state index is -3.44. The summed E-state index contributed by atoms with van der Waals surface area (Å²) in [4.78, 5) is 32.9. The van der Waals surface area contributed by atoms with Crippen LogP contribution in [0.3, 0.4) is 0 Å². The van der Waals surface area contributed by atoms with Crippen molar-refractivity contribution in [3.8, 4) is 0 Å². The standard InChI is InChI=1S/C10H15F2N3O4/c11-10(12)5-15(8(10)18)9(19)14-4-2-1-3-6(13)7(16)17/h6H,1-5,13H2,(H,14,19)(H,16,17). The average Bonchev–Trinajstić information content (AvgIpc) is 2.34. The lowest BCUT2D eigenvalue weighted by atomic mass is 10.1. The smallest absolute Gasteiger partial charge is 0.342 e. The van der Waals surface area contributed by atoms with Crippen molar-refractivity contribution in [3.05, 3.63) is 0 Å². The normalized spacial score (nSPS) is 18.7. The van der Waals surface area contributed by atoms with Gasteiger partial charge in [-0.3, -0.25) is 14.5 Å². The topological polar surface area (TPSA) is 113 Å². The summed E-state index contributed by atoms with van der Waals surface area (Å²) in [6, 6.07) is -1.81. The van der Waals surface area contributed by atoms with Crippen molar-refractivity contribution in [3.63, 3.8) is 0 Å². The zero-order valence-electron chi connectivity index (χ0n) is 10.1. The number of amides is 3. The van der Waals surface area contributed by atoms with E-state index in [2.05, 4.69) is 5.32 Å². The van der Waals surface area contributed by atoms with Gasteiger partial charge in [-0.05, 0) is 19.3 Å².